The predicted molar refractivity (Wildman–Crippen MR) is 167 cm³/mol. The van der Waals surface area contributed by atoms with Crippen LogP contribution in [0.25, 0.3) is 11.0 Å². The van der Waals surface area contributed by atoms with Gasteiger partial charge in [0, 0.05) is 40.7 Å². The van der Waals surface area contributed by atoms with Crippen molar-refractivity contribution in [3.8, 4) is 0 Å². The number of unbranched alkanes of at least 4 members (excludes halogenated alkanes) is 2. The van der Waals surface area contributed by atoms with Gasteiger partial charge in [0.15, 0.2) is 0 Å². The lowest BCUT2D eigenvalue weighted by Gasteiger charge is -2.40. The van der Waals surface area contributed by atoms with E-state index in [2.05, 4.69) is 21.7 Å². The second-order valence-corrected chi connectivity index (χ2v) is 12.3. The topological polar surface area (TPSA) is 87.5 Å². The Kier molecular flexibility index (Phi) is 7.51. The van der Waals surface area contributed by atoms with Crippen molar-refractivity contribution in [2.24, 2.45) is 0 Å². The van der Waals surface area contributed by atoms with Gasteiger partial charge in [-0.05, 0) is 61.3 Å². The van der Waals surface area contributed by atoms with Crippen LogP contribution in [0.3, 0.4) is 0 Å². The number of carboxylic acid groups (broad SMARTS) is 1. The molecule has 3 aliphatic rings. The standard InChI is InChI=1S/C32H29Cl2FN4O3.CH4/c1-2-3-4-13-39-25-12-14-38-24-11-8-17(30(40)41)15-23(24)36-29(38)26(25)27(19-6-5-7-21(34)28(19)35)32(39)20-10-9-18(33)16-22(20)37-31(32)42;/h5-11,15-16,25-27H,2-4,12-14H2,1H3,(H,37,42)(H,40,41);1H4/t25-,26+,27-,32+;/m0./s1. The van der Waals surface area contributed by atoms with Gasteiger partial charge in [0.25, 0.3) is 0 Å². The molecule has 0 bridgehead atoms. The van der Waals surface area contributed by atoms with Crippen LogP contribution in [0, 0.1) is 5.82 Å². The maximum absolute atomic E-state index is 16.2. The Hall–Kier alpha value is -3.46. The average Bonchev–Trinajstić information content (AvgIpc) is 3.58. The van der Waals surface area contributed by atoms with Gasteiger partial charge in [-0.3, -0.25) is 9.69 Å². The molecular formula is C33H33Cl2FN4O3. The van der Waals surface area contributed by atoms with Crippen LogP contribution in [0.15, 0.2) is 54.6 Å². The number of aromatic carboxylic acids is 1. The summed E-state index contributed by atoms with van der Waals surface area (Å²) >= 11 is 12.8. The number of anilines is 1. The van der Waals surface area contributed by atoms with E-state index in [4.69, 9.17) is 28.2 Å². The molecule has 10 heteroatoms. The summed E-state index contributed by atoms with van der Waals surface area (Å²) in [4.78, 5) is 33.5. The molecule has 43 heavy (non-hydrogen) atoms. The van der Waals surface area contributed by atoms with Crippen molar-refractivity contribution in [3.05, 3.63) is 93.0 Å². The summed E-state index contributed by atoms with van der Waals surface area (Å²) in [6.07, 6.45) is 3.60. The van der Waals surface area contributed by atoms with Crippen molar-refractivity contribution < 1.29 is 19.1 Å². The van der Waals surface area contributed by atoms with E-state index in [9.17, 15) is 14.7 Å². The third-order valence-corrected chi connectivity index (χ3v) is 9.88. The van der Waals surface area contributed by atoms with Gasteiger partial charge in [-0.1, -0.05) is 68.6 Å². The number of halogens is 3. The molecule has 224 valence electrons. The van der Waals surface area contributed by atoms with Gasteiger partial charge in [0.1, 0.15) is 17.2 Å². The number of hydrogen-bond acceptors (Lipinski definition) is 4. The van der Waals surface area contributed by atoms with Crippen molar-refractivity contribution in [1.82, 2.24) is 14.5 Å². The Labute approximate surface area is 259 Å². The maximum atomic E-state index is 16.2. The smallest absolute Gasteiger partial charge is 0.335 e. The number of likely N-dealkylation sites (tertiary alicyclic amines) is 1. The van der Waals surface area contributed by atoms with E-state index in [0.29, 0.717) is 41.3 Å². The van der Waals surface area contributed by atoms with Gasteiger partial charge in [-0.15, -0.1) is 0 Å². The molecule has 0 saturated carbocycles. The fourth-order valence-electron chi connectivity index (χ4n) is 7.74. The Balaban J connectivity index is 0.00000329. The molecule has 1 aromatic heterocycles. The minimum absolute atomic E-state index is 0. The van der Waals surface area contributed by atoms with Crippen LogP contribution in [0.2, 0.25) is 10.0 Å². The number of carbonyl (C=O) groups is 2. The first-order valence-corrected chi connectivity index (χ1v) is 15.1. The van der Waals surface area contributed by atoms with E-state index in [1.54, 1.807) is 42.5 Å². The summed E-state index contributed by atoms with van der Waals surface area (Å²) in [6, 6.07) is 15.2. The number of aromatic nitrogens is 2. The van der Waals surface area contributed by atoms with Gasteiger partial charge >= 0.3 is 5.97 Å². The van der Waals surface area contributed by atoms with E-state index in [0.717, 1.165) is 36.2 Å². The molecule has 1 spiro atoms. The zero-order valence-corrected chi connectivity index (χ0v) is 24.4. The molecule has 0 aliphatic carbocycles. The molecule has 3 aliphatic heterocycles. The van der Waals surface area contributed by atoms with Crippen molar-refractivity contribution in [2.45, 2.75) is 70.0 Å². The number of aryl methyl sites for hydroxylation is 1. The van der Waals surface area contributed by atoms with E-state index in [1.807, 2.05) is 6.07 Å². The second kappa shape index (κ2) is 10.9. The molecule has 1 amide bonds. The van der Waals surface area contributed by atoms with E-state index in [-0.39, 0.29) is 35.9 Å². The van der Waals surface area contributed by atoms with Crippen molar-refractivity contribution in [1.29, 1.82) is 0 Å². The highest BCUT2D eigenvalue weighted by Gasteiger charge is 2.68. The van der Waals surface area contributed by atoms with Crippen LogP contribution >= 0.6 is 23.2 Å². The van der Waals surface area contributed by atoms with Crippen LogP contribution in [-0.4, -0.2) is 44.0 Å². The lowest BCUT2D eigenvalue weighted by atomic mass is 9.70. The highest BCUT2D eigenvalue weighted by molar-refractivity contribution is 6.31. The molecular weight excluding hydrogens is 590 g/mol. The highest BCUT2D eigenvalue weighted by atomic mass is 35.5. The lowest BCUT2D eigenvalue weighted by Crippen LogP contribution is -2.52. The number of nitrogens with one attached hydrogen (secondary N) is 1. The average molecular weight is 624 g/mol. The molecule has 0 unspecified atom stereocenters. The first kappa shape index (κ1) is 29.6. The number of amides is 1. The molecule has 4 aromatic rings. The molecule has 1 saturated heterocycles. The molecule has 2 N–H and O–H groups in total. The Bertz CT molecular complexity index is 1770. The zero-order valence-electron chi connectivity index (χ0n) is 22.9. The minimum Gasteiger partial charge on any atom is -0.478 e. The fourth-order valence-corrected chi connectivity index (χ4v) is 8.10. The van der Waals surface area contributed by atoms with Gasteiger partial charge in [-0.25, -0.2) is 14.2 Å². The molecule has 1 fully saturated rings. The molecule has 0 radical (unpaired) electrons. The third kappa shape index (κ3) is 4.21. The van der Waals surface area contributed by atoms with Gasteiger partial charge in [0.2, 0.25) is 5.91 Å². The number of benzene rings is 3. The van der Waals surface area contributed by atoms with Crippen LogP contribution < -0.4 is 5.32 Å². The Morgan fingerprint density at radius 3 is 2.74 bits per heavy atom. The summed E-state index contributed by atoms with van der Waals surface area (Å²) in [5.41, 5.74) is 2.06. The number of carbonyl (C=O) groups excluding carboxylic acids is 1. The Morgan fingerprint density at radius 1 is 1.16 bits per heavy atom. The van der Waals surface area contributed by atoms with Crippen molar-refractivity contribution >= 4 is 51.8 Å². The number of hydrogen-bond donors (Lipinski definition) is 2. The summed E-state index contributed by atoms with van der Waals surface area (Å²) < 4.78 is 18.3. The SMILES string of the molecule is C.CCCCCN1[C@H]2CCn3c(nc4cc(C(=O)O)ccc43)[C@H]2[C@H](c2cccc(Cl)c2F)[C@]12C(=O)Nc1cc(Cl)ccc12. The van der Waals surface area contributed by atoms with E-state index in [1.165, 1.54) is 6.07 Å². The third-order valence-electron chi connectivity index (χ3n) is 9.35. The predicted octanol–water partition coefficient (Wildman–Crippen LogP) is 7.81. The first-order valence-electron chi connectivity index (χ1n) is 14.3. The summed E-state index contributed by atoms with van der Waals surface area (Å²) in [5, 5.41) is 13.2. The Morgan fingerprint density at radius 2 is 1.98 bits per heavy atom. The van der Waals surface area contributed by atoms with Crippen LogP contribution in [0.1, 0.15) is 79.2 Å². The van der Waals surface area contributed by atoms with Gasteiger partial charge in [0.05, 0.1) is 21.6 Å². The molecule has 7 rings (SSSR count). The van der Waals surface area contributed by atoms with Crippen LogP contribution in [0.5, 0.6) is 0 Å². The van der Waals surface area contributed by atoms with Gasteiger partial charge < -0.3 is 15.0 Å². The fraction of sp³-hybridized carbons (Fsp3) is 0.364. The molecule has 7 nitrogen and oxygen atoms in total. The van der Waals surface area contributed by atoms with Crippen LogP contribution in [-0.2, 0) is 16.9 Å². The maximum Gasteiger partial charge on any atom is 0.335 e. The van der Waals surface area contributed by atoms with Crippen LogP contribution in [0.4, 0.5) is 10.1 Å². The zero-order chi connectivity index (χ0) is 29.3. The number of imidazole rings is 1. The van der Waals surface area contributed by atoms with Gasteiger partial charge in [-0.2, -0.15) is 0 Å². The summed E-state index contributed by atoms with van der Waals surface area (Å²) in [5.74, 6) is -2.11. The number of nitrogens with zero attached hydrogens (tertiary/aromatic N) is 3. The van der Waals surface area contributed by atoms with E-state index < -0.39 is 23.2 Å². The van der Waals surface area contributed by atoms with E-state index >= 15 is 4.39 Å². The summed E-state index contributed by atoms with van der Waals surface area (Å²) in [6.45, 7) is 3.42. The van der Waals surface area contributed by atoms with Crippen molar-refractivity contribution in [3.63, 3.8) is 0 Å². The highest BCUT2D eigenvalue weighted by Crippen LogP contribution is 2.64. The second-order valence-electron chi connectivity index (χ2n) is 11.4. The van der Waals surface area contributed by atoms with Crippen molar-refractivity contribution in [2.75, 3.05) is 11.9 Å². The quantitative estimate of drug-likeness (QED) is 0.214. The lowest BCUT2D eigenvalue weighted by molar-refractivity contribution is -0.128. The number of fused-ring (bicyclic) bond motifs is 7. The summed E-state index contributed by atoms with van der Waals surface area (Å²) in [7, 11) is 0. The molecule has 4 atom stereocenters. The number of carboxylic acids is 1. The number of rotatable bonds is 6. The first-order chi connectivity index (χ1) is 20.3. The monoisotopic (exact) mass is 622 g/mol. The largest absolute Gasteiger partial charge is 0.478 e. The molecule has 4 heterocycles. The normalized spacial score (nSPS) is 24.0. The molecule has 3 aromatic carbocycles. The minimum atomic E-state index is -1.23.